The summed E-state index contributed by atoms with van der Waals surface area (Å²) in [6.45, 7) is 7.16. The van der Waals surface area contributed by atoms with Gasteiger partial charge < -0.3 is 0 Å². The van der Waals surface area contributed by atoms with E-state index in [9.17, 15) is 0 Å². The maximum Gasteiger partial charge on any atom is -0.0102 e. The summed E-state index contributed by atoms with van der Waals surface area (Å²) in [5, 5.41) is 0. The molecule has 88 valence electrons. The van der Waals surface area contributed by atoms with Crippen molar-refractivity contribution < 1.29 is 0 Å². The van der Waals surface area contributed by atoms with Crippen molar-refractivity contribution in [3.8, 4) is 0 Å². The van der Waals surface area contributed by atoms with Gasteiger partial charge in [0.2, 0.25) is 0 Å². The Morgan fingerprint density at radius 3 is 2.69 bits per heavy atom. The molecule has 0 fully saturated rings. The van der Waals surface area contributed by atoms with Gasteiger partial charge in [0.15, 0.2) is 0 Å². The SMILES string of the molecule is CCCC(C)(CC)C1CCc2ccccc21. The van der Waals surface area contributed by atoms with E-state index >= 15 is 0 Å². The summed E-state index contributed by atoms with van der Waals surface area (Å²) in [6, 6.07) is 9.07. The van der Waals surface area contributed by atoms with E-state index in [1.165, 1.54) is 32.1 Å². The van der Waals surface area contributed by atoms with Crippen molar-refractivity contribution in [1.29, 1.82) is 0 Å². The van der Waals surface area contributed by atoms with Gasteiger partial charge in [-0.25, -0.2) is 0 Å². The second kappa shape index (κ2) is 4.61. The second-order valence-electron chi connectivity index (χ2n) is 5.55. The summed E-state index contributed by atoms with van der Waals surface area (Å²) in [5.74, 6) is 0.800. The van der Waals surface area contributed by atoms with Crippen LogP contribution in [-0.4, -0.2) is 0 Å². The third kappa shape index (κ3) is 1.90. The van der Waals surface area contributed by atoms with Crippen molar-refractivity contribution in [3.63, 3.8) is 0 Å². The van der Waals surface area contributed by atoms with Gasteiger partial charge in [0.25, 0.3) is 0 Å². The Balaban J connectivity index is 2.29. The maximum absolute atomic E-state index is 2.49. The average Bonchev–Trinajstić information content (AvgIpc) is 2.73. The van der Waals surface area contributed by atoms with Crippen molar-refractivity contribution in [2.45, 2.75) is 58.8 Å². The lowest BCUT2D eigenvalue weighted by Gasteiger charge is -2.35. The summed E-state index contributed by atoms with van der Waals surface area (Å²) in [6.07, 6.45) is 6.63. The Morgan fingerprint density at radius 1 is 1.25 bits per heavy atom. The Morgan fingerprint density at radius 2 is 2.00 bits per heavy atom. The molecule has 0 aliphatic heterocycles. The van der Waals surface area contributed by atoms with Gasteiger partial charge in [-0.05, 0) is 41.7 Å². The van der Waals surface area contributed by atoms with Crippen molar-refractivity contribution in [3.05, 3.63) is 35.4 Å². The van der Waals surface area contributed by atoms with Gasteiger partial charge >= 0.3 is 0 Å². The van der Waals surface area contributed by atoms with Crippen LogP contribution in [0.4, 0.5) is 0 Å². The highest BCUT2D eigenvalue weighted by Crippen LogP contribution is 2.49. The summed E-state index contributed by atoms with van der Waals surface area (Å²) < 4.78 is 0. The van der Waals surface area contributed by atoms with E-state index in [0.29, 0.717) is 5.41 Å². The summed E-state index contributed by atoms with van der Waals surface area (Å²) in [5.41, 5.74) is 3.75. The van der Waals surface area contributed by atoms with E-state index in [1.54, 1.807) is 11.1 Å². The Kier molecular flexibility index (Phi) is 3.37. The molecule has 1 aliphatic carbocycles. The highest BCUT2D eigenvalue weighted by molar-refractivity contribution is 5.36. The van der Waals surface area contributed by atoms with Crippen molar-refractivity contribution >= 4 is 0 Å². The molecule has 1 aromatic rings. The quantitative estimate of drug-likeness (QED) is 0.669. The molecule has 0 amide bonds. The van der Waals surface area contributed by atoms with E-state index in [1.807, 2.05) is 0 Å². The minimum absolute atomic E-state index is 0.515. The van der Waals surface area contributed by atoms with E-state index in [-0.39, 0.29) is 0 Å². The minimum Gasteiger partial charge on any atom is -0.0654 e. The molecule has 2 atom stereocenters. The van der Waals surface area contributed by atoms with Crippen LogP contribution in [-0.2, 0) is 6.42 Å². The fourth-order valence-electron chi connectivity index (χ4n) is 3.45. The molecular formula is C16H24. The lowest BCUT2D eigenvalue weighted by molar-refractivity contribution is 0.217. The normalized spacial score (nSPS) is 22.8. The molecule has 0 aromatic heterocycles. The van der Waals surface area contributed by atoms with Crippen LogP contribution in [0, 0.1) is 5.41 Å². The zero-order valence-electron chi connectivity index (χ0n) is 10.9. The van der Waals surface area contributed by atoms with Gasteiger partial charge in [-0.3, -0.25) is 0 Å². The first-order valence-electron chi connectivity index (χ1n) is 6.79. The topological polar surface area (TPSA) is 0 Å². The predicted octanol–water partition coefficient (Wildman–Crippen LogP) is 4.93. The highest BCUT2D eigenvalue weighted by atomic mass is 14.4. The monoisotopic (exact) mass is 216 g/mol. The smallest absolute Gasteiger partial charge is 0.0102 e. The number of hydrogen-bond donors (Lipinski definition) is 0. The molecule has 16 heavy (non-hydrogen) atoms. The van der Waals surface area contributed by atoms with Gasteiger partial charge in [0.05, 0.1) is 0 Å². The number of rotatable bonds is 4. The third-order valence-corrected chi connectivity index (χ3v) is 4.60. The first-order chi connectivity index (χ1) is 7.71. The van der Waals surface area contributed by atoms with E-state index in [2.05, 4.69) is 45.0 Å². The molecule has 0 saturated heterocycles. The molecule has 0 heteroatoms. The molecule has 0 saturated carbocycles. The number of fused-ring (bicyclic) bond motifs is 1. The number of hydrogen-bond acceptors (Lipinski definition) is 0. The first-order valence-corrected chi connectivity index (χ1v) is 6.79. The Hall–Kier alpha value is -0.780. The lowest BCUT2D eigenvalue weighted by atomic mass is 9.69. The molecule has 2 rings (SSSR count). The zero-order valence-corrected chi connectivity index (χ0v) is 10.9. The molecule has 0 heterocycles. The second-order valence-corrected chi connectivity index (χ2v) is 5.55. The Labute approximate surface area is 100 Å². The predicted molar refractivity (Wildman–Crippen MR) is 70.8 cm³/mol. The largest absolute Gasteiger partial charge is 0.0654 e. The lowest BCUT2D eigenvalue weighted by Crippen LogP contribution is -2.23. The third-order valence-electron chi connectivity index (χ3n) is 4.60. The molecule has 0 spiro atoms. The van der Waals surface area contributed by atoms with Gasteiger partial charge in [-0.1, -0.05) is 57.9 Å². The molecule has 0 N–H and O–H groups in total. The van der Waals surface area contributed by atoms with Crippen LogP contribution in [0.5, 0.6) is 0 Å². The standard InChI is InChI=1S/C16H24/c1-4-12-16(3,5-2)15-11-10-13-8-6-7-9-14(13)15/h6-9,15H,4-5,10-12H2,1-3H3. The number of benzene rings is 1. The highest BCUT2D eigenvalue weighted by Gasteiger charge is 2.36. The fraction of sp³-hybridized carbons (Fsp3) is 0.625. The molecule has 0 radical (unpaired) electrons. The molecule has 2 unspecified atom stereocenters. The molecule has 1 aliphatic rings. The maximum atomic E-state index is 2.49. The van der Waals surface area contributed by atoms with Gasteiger partial charge in [-0.2, -0.15) is 0 Å². The molecular weight excluding hydrogens is 192 g/mol. The van der Waals surface area contributed by atoms with E-state index in [4.69, 9.17) is 0 Å². The van der Waals surface area contributed by atoms with Crippen LogP contribution in [0.25, 0.3) is 0 Å². The Bertz CT molecular complexity index is 353. The van der Waals surface area contributed by atoms with Crippen molar-refractivity contribution in [2.24, 2.45) is 5.41 Å². The molecule has 0 bridgehead atoms. The summed E-state index contributed by atoms with van der Waals surface area (Å²) in [4.78, 5) is 0. The van der Waals surface area contributed by atoms with Crippen LogP contribution in [0.2, 0.25) is 0 Å². The van der Waals surface area contributed by atoms with Crippen LogP contribution in [0.3, 0.4) is 0 Å². The van der Waals surface area contributed by atoms with Crippen LogP contribution in [0.1, 0.15) is 63.5 Å². The van der Waals surface area contributed by atoms with Gasteiger partial charge in [0.1, 0.15) is 0 Å². The van der Waals surface area contributed by atoms with Crippen LogP contribution in [0.15, 0.2) is 24.3 Å². The number of aryl methyl sites for hydroxylation is 1. The summed E-state index contributed by atoms with van der Waals surface area (Å²) >= 11 is 0. The minimum atomic E-state index is 0.515. The zero-order chi connectivity index (χ0) is 11.6. The van der Waals surface area contributed by atoms with E-state index in [0.717, 1.165) is 5.92 Å². The van der Waals surface area contributed by atoms with Crippen molar-refractivity contribution in [1.82, 2.24) is 0 Å². The fourth-order valence-corrected chi connectivity index (χ4v) is 3.45. The first kappa shape index (κ1) is 11.7. The van der Waals surface area contributed by atoms with Gasteiger partial charge in [0, 0.05) is 0 Å². The van der Waals surface area contributed by atoms with Crippen molar-refractivity contribution in [2.75, 3.05) is 0 Å². The molecule has 0 nitrogen and oxygen atoms in total. The van der Waals surface area contributed by atoms with Crippen LogP contribution >= 0.6 is 0 Å². The van der Waals surface area contributed by atoms with E-state index < -0.39 is 0 Å². The average molecular weight is 216 g/mol. The van der Waals surface area contributed by atoms with Gasteiger partial charge in [-0.15, -0.1) is 0 Å². The van der Waals surface area contributed by atoms with Crippen LogP contribution < -0.4 is 0 Å². The molecule has 1 aromatic carbocycles. The summed E-state index contributed by atoms with van der Waals surface area (Å²) in [7, 11) is 0.